The number of carbonyl (C=O) groups excluding carboxylic acids is 2. The molecule has 2 amide bonds. The summed E-state index contributed by atoms with van der Waals surface area (Å²) in [6.07, 6.45) is 0. The number of ether oxygens (including phenoxy) is 2. The van der Waals surface area contributed by atoms with Gasteiger partial charge in [0.05, 0.1) is 18.8 Å². The SMILES string of the molecule is CCOc1ccc(NC(=O)C(NC(=O)c2ccccc2F)C(C)C)cc1OCC. The van der Waals surface area contributed by atoms with Gasteiger partial charge in [-0.25, -0.2) is 4.39 Å². The van der Waals surface area contributed by atoms with E-state index in [0.717, 1.165) is 0 Å². The van der Waals surface area contributed by atoms with Crippen molar-refractivity contribution >= 4 is 17.5 Å². The minimum Gasteiger partial charge on any atom is -0.490 e. The largest absolute Gasteiger partial charge is 0.490 e. The molecule has 0 aromatic heterocycles. The van der Waals surface area contributed by atoms with Gasteiger partial charge in [-0.15, -0.1) is 0 Å². The number of nitrogens with one attached hydrogen (secondary N) is 2. The third-order valence-corrected chi connectivity index (χ3v) is 4.17. The van der Waals surface area contributed by atoms with E-state index in [4.69, 9.17) is 9.47 Å². The van der Waals surface area contributed by atoms with E-state index in [2.05, 4.69) is 10.6 Å². The second-order valence-electron chi connectivity index (χ2n) is 6.69. The van der Waals surface area contributed by atoms with Crippen molar-refractivity contribution in [3.05, 3.63) is 53.8 Å². The van der Waals surface area contributed by atoms with Crippen molar-refractivity contribution in [2.24, 2.45) is 5.92 Å². The van der Waals surface area contributed by atoms with Crippen molar-refractivity contribution in [2.75, 3.05) is 18.5 Å². The van der Waals surface area contributed by atoms with E-state index < -0.39 is 23.7 Å². The predicted molar refractivity (Wildman–Crippen MR) is 110 cm³/mol. The number of halogens is 1. The van der Waals surface area contributed by atoms with Gasteiger partial charge in [-0.1, -0.05) is 26.0 Å². The van der Waals surface area contributed by atoms with Crippen molar-refractivity contribution in [1.82, 2.24) is 5.32 Å². The summed E-state index contributed by atoms with van der Waals surface area (Å²) in [7, 11) is 0. The Bertz CT molecular complexity index is 854. The van der Waals surface area contributed by atoms with Crippen LogP contribution >= 0.6 is 0 Å². The number of hydrogen-bond acceptors (Lipinski definition) is 4. The van der Waals surface area contributed by atoms with Crippen LogP contribution in [0.2, 0.25) is 0 Å². The van der Waals surface area contributed by atoms with Gasteiger partial charge in [0, 0.05) is 11.8 Å². The molecule has 1 unspecified atom stereocenters. The van der Waals surface area contributed by atoms with Crippen molar-refractivity contribution in [2.45, 2.75) is 33.7 Å². The van der Waals surface area contributed by atoms with E-state index in [9.17, 15) is 14.0 Å². The highest BCUT2D eigenvalue weighted by atomic mass is 19.1. The molecule has 6 nitrogen and oxygen atoms in total. The zero-order valence-corrected chi connectivity index (χ0v) is 17.1. The van der Waals surface area contributed by atoms with Gasteiger partial charge in [0.15, 0.2) is 11.5 Å². The smallest absolute Gasteiger partial charge is 0.254 e. The first-order valence-electron chi connectivity index (χ1n) is 9.63. The molecule has 0 saturated carbocycles. The number of benzene rings is 2. The van der Waals surface area contributed by atoms with Crippen LogP contribution in [-0.4, -0.2) is 31.1 Å². The number of carbonyl (C=O) groups is 2. The van der Waals surface area contributed by atoms with Crippen LogP contribution in [0.1, 0.15) is 38.1 Å². The summed E-state index contributed by atoms with van der Waals surface area (Å²) < 4.78 is 25.0. The van der Waals surface area contributed by atoms with Crippen LogP contribution in [0.3, 0.4) is 0 Å². The van der Waals surface area contributed by atoms with Gasteiger partial charge < -0.3 is 20.1 Å². The standard InChI is InChI=1S/C22H27FN2O4/c1-5-28-18-12-11-15(13-19(18)29-6-2)24-22(27)20(14(3)4)25-21(26)16-9-7-8-10-17(16)23/h7-14,20H,5-6H2,1-4H3,(H,24,27)(H,25,26). The molecule has 7 heteroatoms. The number of anilines is 1. The molecule has 29 heavy (non-hydrogen) atoms. The fraction of sp³-hybridized carbons (Fsp3) is 0.364. The average Bonchev–Trinajstić information content (AvgIpc) is 2.68. The molecule has 1 atom stereocenters. The fourth-order valence-corrected chi connectivity index (χ4v) is 2.75. The van der Waals surface area contributed by atoms with Crippen molar-refractivity contribution in [3.63, 3.8) is 0 Å². The van der Waals surface area contributed by atoms with Crippen LogP contribution in [-0.2, 0) is 4.79 Å². The summed E-state index contributed by atoms with van der Waals surface area (Å²) in [5, 5.41) is 5.40. The van der Waals surface area contributed by atoms with Crippen LogP contribution in [0.15, 0.2) is 42.5 Å². The lowest BCUT2D eigenvalue weighted by atomic mass is 10.0. The molecule has 0 bridgehead atoms. The molecule has 2 aromatic rings. The molecule has 2 N–H and O–H groups in total. The Balaban J connectivity index is 2.16. The number of rotatable bonds is 9. The highest BCUT2D eigenvalue weighted by molar-refractivity contribution is 6.01. The molecule has 0 saturated heterocycles. The summed E-state index contributed by atoms with van der Waals surface area (Å²) in [5.74, 6) is -0.792. The van der Waals surface area contributed by atoms with Crippen molar-refractivity contribution in [1.29, 1.82) is 0 Å². The monoisotopic (exact) mass is 402 g/mol. The quantitative estimate of drug-likeness (QED) is 0.664. The van der Waals surface area contributed by atoms with E-state index in [1.165, 1.54) is 18.2 Å². The second-order valence-corrected chi connectivity index (χ2v) is 6.69. The molecule has 0 fully saturated rings. The van der Waals surface area contributed by atoms with E-state index in [1.54, 1.807) is 38.1 Å². The number of amides is 2. The third kappa shape index (κ3) is 5.94. The molecule has 0 aliphatic carbocycles. The Morgan fingerprint density at radius 1 is 1.00 bits per heavy atom. The Morgan fingerprint density at radius 2 is 1.66 bits per heavy atom. The topological polar surface area (TPSA) is 76.7 Å². The van der Waals surface area contributed by atoms with E-state index in [0.29, 0.717) is 30.4 Å². The first kappa shape index (κ1) is 22.2. The van der Waals surface area contributed by atoms with E-state index in [-0.39, 0.29) is 11.5 Å². The summed E-state index contributed by atoms with van der Waals surface area (Å²) in [6, 6.07) is 9.88. The van der Waals surface area contributed by atoms with Crippen LogP contribution in [0.5, 0.6) is 11.5 Å². The molecule has 0 heterocycles. The van der Waals surface area contributed by atoms with Gasteiger partial charge in [0.1, 0.15) is 11.9 Å². The van der Waals surface area contributed by atoms with Crippen LogP contribution in [0.25, 0.3) is 0 Å². The molecule has 2 rings (SSSR count). The maximum atomic E-state index is 13.9. The first-order valence-corrected chi connectivity index (χ1v) is 9.63. The minimum atomic E-state index is -0.843. The predicted octanol–water partition coefficient (Wildman–Crippen LogP) is 4.02. The van der Waals surface area contributed by atoms with Crippen LogP contribution < -0.4 is 20.1 Å². The van der Waals surface area contributed by atoms with Crippen molar-refractivity contribution < 1.29 is 23.5 Å². The zero-order valence-electron chi connectivity index (χ0n) is 17.1. The lowest BCUT2D eigenvalue weighted by Crippen LogP contribution is -2.47. The van der Waals surface area contributed by atoms with Crippen LogP contribution in [0, 0.1) is 11.7 Å². The summed E-state index contributed by atoms with van der Waals surface area (Å²) >= 11 is 0. The van der Waals surface area contributed by atoms with Gasteiger partial charge in [-0.05, 0) is 44.0 Å². The highest BCUT2D eigenvalue weighted by Crippen LogP contribution is 2.30. The molecule has 0 spiro atoms. The minimum absolute atomic E-state index is 0.106. The molecule has 0 radical (unpaired) electrons. The van der Waals surface area contributed by atoms with Gasteiger partial charge in [0.2, 0.25) is 5.91 Å². The van der Waals surface area contributed by atoms with Gasteiger partial charge in [0.25, 0.3) is 5.91 Å². The molecule has 0 aliphatic heterocycles. The van der Waals surface area contributed by atoms with Gasteiger partial charge in [-0.2, -0.15) is 0 Å². The summed E-state index contributed by atoms with van der Waals surface area (Å²) in [6.45, 7) is 8.27. The Labute approximate surface area is 170 Å². The lowest BCUT2D eigenvalue weighted by Gasteiger charge is -2.22. The molecular weight excluding hydrogens is 375 g/mol. The maximum Gasteiger partial charge on any atom is 0.254 e. The molecule has 0 aliphatic rings. The summed E-state index contributed by atoms with van der Waals surface area (Å²) in [5.41, 5.74) is 0.401. The second kappa shape index (κ2) is 10.5. The van der Waals surface area contributed by atoms with Crippen molar-refractivity contribution in [3.8, 4) is 11.5 Å². The molecule has 2 aromatic carbocycles. The first-order chi connectivity index (χ1) is 13.9. The lowest BCUT2D eigenvalue weighted by molar-refractivity contribution is -0.118. The fourth-order valence-electron chi connectivity index (χ4n) is 2.75. The number of hydrogen-bond donors (Lipinski definition) is 2. The third-order valence-electron chi connectivity index (χ3n) is 4.17. The zero-order chi connectivity index (χ0) is 21.4. The summed E-state index contributed by atoms with van der Waals surface area (Å²) in [4.78, 5) is 25.2. The molecule has 156 valence electrons. The maximum absolute atomic E-state index is 13.9. The average molecular weight is 402 g/mol. The Hall–Kier alpha value is -3.09. The Morgan fingerprint density at radius 3 is 2.28 bits per heavy atom. The van der Waals surface area contributed by atoms with Gasteiger partial charge in [-0.3, -0.25) is 9.59 Å². The van der Waals surface area contributed by atoms with E-state index in [1.807, 2.05) is 13.8 Å². The Kier molecular flexibility index (Phi) is 8.00. The van der Waals surface area contributed by atoms with Crippen LogP contribution in [0.4, 0.5) is 10.1 Å². The highest BCUT2D eigenvalue weighted by Gasteiger charge is 2.26. The van der Waals surface area contributed by atoms with Gasteiger partial charge >= 0.3 is 0 Å². The van der Waals surface area contributed by atoms with E-state index >= 15 is 0 Å². The molecular formula is C22H27FN2O4. The normalized spacial score (nSPS) is 11.7.